The fraction of sp³-hybridized carbons (Fsp3) is 0.444. The van der Waals surface area contributed by atoms with E-state index in [1.165, 1.54) is 22.3 Å². The maximum absolute atomic E-state index is 12.4. The number of aliphatic carboxylic acids is 1. The van der Waals surface area contributed by atoms with E-state index in [0.717, 1.165) is 12.8 Å². The maximum Gasteiger partial charge on any atom is 0.407 e. The quantitative estimate of drug-likeness (QED) is 0.537. The summed E-state index contributed by atoms with van der Waals surface area (Å²) in [7, 11) is 0. The second-order valence-electron chi connectivity index (χ2n) is 9.69. The molecule has 1 saturated heterocycles. The van der Waals surface area contributed by atoms with Crippen LogP contribution in [0.2, 0.25) is 0 Å². The zero-order valence-corrected chi connectivity index (χ0v) is 19.4. The zero-order chi connectivity index (χ0) is 24.4. The van der Waals surface area contributed by atoms with Gasteiger partial charge in [0.05, 0.1) is 0 Å². The second-order valence-corrected chi connectivity index (χ2v) is 9.69. The largest absolute Gasteiger partial charge is 0.479 e. The summed E-state index contributed by atoms with van der Waals surface area (Å²) in [4.78, 5) is 35.8. The van der Waals surface area contributed by atoms with Gasteiger partial charge in [-0.15, -0.1) is 0 Å². The molecular weight excluding hydrogens is 448 g/mol. The molecule has 5 rings (SSSR count). The van der Waals surface area contributed by atoms with E-state index in [0.29, 0.717) is 26.0 Å². The summed E-state index contributed by atoms with van der Waals surface area (Å²) in [5.41, 5.74) is 4.73. The van der Waals surface area contributed by atoms with Gasteiger partial charge in [0.2, 0.25) is 5.91 Å². The van der Waals surface area contributed by atoms with Gasteiger partial charge in [-0.3, -0.25) is 4.79 Å². The highest BCUT2D eigenvalue weighted by molar-refractivity contribution is 5.79. The van der Waals surface area contributed by atoms with E-state index in [1.807, 2.05) is 24.3 Å². The molecule has 0 radical (unpaired) electrons. The minimum absolute atomic E-state index is 0.00285. The molecule has 2 aromatic carbocycles. The van der Waals surface area contributed by atoms with E-state index in [-0.39, 0.29) is 36.3 Å². The second kappa shape index (κ2) is 10.1. The number of hydrogen-bond donors (Lipinski definition) is 3. The maximum atomic E-state index is 12.4. The van der Waals surface area contributed by atoms with Gasteiger partial charge in [-0.2, -0.15) is 0 Å². The fourth-order valence-corrected chi connectivity index (χ4v) is 5.52. The number of carbonyl (C=O) groups is 3. The number of fused-ring (bicyclic) bond motifs is 3. The third kappa shape index (κ3) is 5.03. The van der Waals surface area contributed by atoms with Crippen LogP contribution in [0.4, 0.5) is 4.79 Å². The number of amides is 2. The number of carbonyl (C=O) groups excluding carboxylic acids is 2. The van der Waals surface area contributed by atoms with Crippen LogP contribution in [0.5, 0.6) is 0 Å². The minimum Gasteiger partial charge on any atom is -0.479 e. The summed E-state index contributed by atoms with van der Waals surface area (Å²) in [5, 5.41) is 14.9. The Hall–Kier alpha value is -3.39. The average Bonchev–Trinajstić information content (AvgIpc) is 3.43. The predicted molar refractivity (Wildman–Crippen MR) is 128 cm³/mol. The number of hydrogen-bond acceptors (Lipinski definition) is 5. The van der Waals surface area contributed by atoms with Crippen LogP contribution in [-0.4, -0.2) is 55.0 Å². The zero-order valence-electron chi connectivity index (χ0n) is 19.4. The molecule has 3 aliphatic rings. The predicted octanol–water partition coefficient (Wildman–Crippen LogP) is 3.30. The highest BCUT2D eigenvalue weighted by Crippen LogP contribution is 2.44. The Morgan fingerprint density at radius 1 is 1.00 bits per heavy atom. The molecule has 184 valence electrons. The van der Waals surface area contributed by atoms with Crippen LogP contribution in [0.15, 0.2) is 48.5 Å². The Kier molecular flexibility index (Phi) is 6.72. The molecule has 0 spiro atoms. The highest BCUT2D eigenvalue weighted by Gasteiger charge is 2.36. The average molecular weight is 479 g/mol. The van der Waals surface area contributed by atoms with Crippen LogP contribution >= 0.6 is 0 Å². The Morgan fingerprint density at radius 3 is 2.31 bits per heavy atom. The van der Waals surface area contributed by atoms with Gasteiger partial charge < -0.3 is 25.2 Å². The molecule has 1 aliphatic heterocycles. The number of benzene rings is 2. The lowest BCUT2D eigenvalue weighted by atomic mass is 9.78. The standard InChI is InChI=1S/C27H30N2O6/c30-24(28-14-17-9-10-34-25(17)26(31)32)13-16-11-18(12-16)29-27(33)35-15-23-21-7-3-1-5-19(21)20-6-2-4-8-22(20)23/h1-8,16-18,23,25H,9-15H2,(H,28,30)(H,29,33)(H,31,32)/t16?,17-,18?,25-/m1/s1. The number of carboxylic acid groups (broad SMARTS) is 1. The lowest BCUT2D eigenvalue weighted by Gasteiger charge is -2.35. The van der Waals surface area contributed by atoms with E-state index in [1.54, 1.807) is 0 Å². The first-order valence-corrected chi connectivity index (χ1v) is 12.2. The summed E-state index contributed by atoms with van der Waals surface area (Å²) in [6.07, 6.45) is 1.18. The number of rotatable bonds is 8. The molecule has 0 aromatic heterocycles. The van der Waals surface area contributed by atoms with E-state index in [2.05, 4.69) is 34.9 Å². The highest BCUT2D eigenvalue weighted by atomic mass is 16.5. The molecule has 2 aliphatic carbocycles. The molecule has 2 atom stereocenters. The van der Waals surface area contributed by atoms with Crippen LogP contribution in [0.25, 0.3) is 11.1 Å². The molecule has 1 heterocycles. The third-order valence-corrected chi connectivity index (χ3v) is 7.39. The van der Waals surface area contributed by atoms with Crippen molar-refractivity contribution in [3.63, 3.8) is 0 Å². The van der Waals surface area contributed by atoms with E-state index in [4.69, 9.17) is 14.6 Å². The Balaban J connectivity index is 1.03. The molecule has 2 fully saturated rings. The molecule has 35 heavy (non-hydrogen) atoms. The summed E-state index contributed by atoms with van der Waals surface area (Å²) < 4.78 is 10.8. The monoisotopic (exact) mass is 478 g/mol. The van der Waals surface area contributed by atoms with Gasteiger partial charge in [-0.1, -0.05) is 48.5 Å². The molecule has 0 unspecified atom stereocenters. The molecule has 2 aromatic rings. The molecule has 1 saturated carbocycles. The van der Waals surface area contributed by atoms with Gasteiger partial charge >= 0.3 is 12.1 Å². The summed E-state index contributed by atoms with van der Waals surface area (Å²) in [5.74, 6) is -1.05. The van der Waals surface area contributed by atoms with Crippen molar-refractivity contribution in [1.82, 2.24) is 10.6 Å². The number of nitrogens with one attached hydrogen (secondary N) is 2. The van der Waals surface area contributed by atoms with Gasteiger partial charge in [-0.05, 0) is 47.4 Å². The summed E-state index contributed by atoms with van der Waals surface area (Å²) in [6, 6.07) is 16.4. The van der Waals surface area contributed by atoms with Crippen LogP contribution in [0, 0.1) is 11.8 Å². The normalized spacial score (nSPS) is 24.7. The first-order valence-electron chi connectivity index (χ1n) is 12.2. The third-order valence-electron chi connectivity index (χ3n) is 7.39. The smallest absolute Gasteiger partial charge is 0.407 e. The molecule has 0 bridgehead atoms. The van der Waals surface area contributed by atoms with Crippen LogP contribution < -0.4 is 10.6 Å². The van der Waals surface area contributed by atoms with Crippen molar-refractivity contribution in [2.75, 3.05) is 19.8 Å². The van der Waals surface area contributed by atoms with Gasteiger partial charge in [0.25, 0.3) is 0 Å². The number of alkyl carbamates (subject to hydrolysis) is 1. The van der Waals surface area contributed by atoms with E-state index in [9.17, 15) is 14.4 Å². The SMILES string of the molecule is O=C(CC1CC(NC(=O)OCC2c3ccccc3-c3ccccc32)C1)NC[C@H]1CCO[C@H]1C(=O)O. The molecule has 8 nitrogen and oxygen atoms in total. The topological polar surface area (TPSA) is 114 Å². The van der Waals surface area contributed by atoms with Crippen molar-refractivity contribution < 1.29 is 29.0 Å². The number of carboxylic acids is 1. The molecule has 3 N–H and O–H groups in total. The molecule has 2 amide bonds. The van der Waals surface area contributed by atoms with Crippen molar-refractivity contribution >= 4 is 18.0 Å². The molecular formula is C27H30N2O6. The lowest BCUT2D eigenvalue weighted by Crippen LogP contribution is -2.46. The minimum atomic E-state index is -0.983. The fourth-order valence-electron chi connectivity index (χ4n) is 5.52. The summed E-state index contributed by atoms with van der Waals surface area (Å²) >= 11 is 0. The first kappa shape index (κ1) is 23.4. The van der Waals surface area contributed by atoms with Crippen molar-refractivity contribution in [3.8, 4) is 11.1 Å². The van der Waals surface area contributed by atoms with E-state index >= 15 is 0 Å². The van der Waals surface area contributed by atoms with E-state index < -0.39 is 18.2 Å². The van der Waals surface area contributed by atoms with Crippen molar-refractivity contribution in [2.45, 2.75) is 43.7 Å². The van der Waals surface area contributed by atoms with Crippen molar-refractivity contribution in [3.05, 3.63) is 59.7 Å². The first-order chi connectivity index (χ1) is 17.0. The van der Waals surface area contributed by atoms with Crippen LogP contribution in [0.3, 0.4) is 0 Å². The summed E-state index contributed by atoms with van der Waals surface area (Å²) in [6.45, 7) is 0.994. The van der Waals surface area contributed by atoms with Crippen LogP contribution in [0.1, 0.15) is 42.7 Å². The Labute approximate surface area is 204 Å². The Morgan fingerprint density at radius 2 is 1.66 bits per heavy atom. The van der Waals surface area contributed by atoms with Crippen LogP contribution in [-0.2, 0) is 19.1 Å². The Bertz CT molecular complexity index is 1070. The van der Waals surface area contributed by atoms with Gasteiger partial charge in [0.15, 0.2) is 6.10 Å². The van der Waals surface area contributed by atoms with Crippen molar-refractivity contribution in [2.24, 2.45) is 11.8 Å². The number of ether oxygens (including phenoxy) is 2. The van der Waals surface area contributed by atoms with Gasteiger partial charge in [-0.25, -0.2) is 9.59 Å². The van der Waals surface area contributed by atoms with Gasteiger partial charge in [0.1, 0.15) is 6.61 Å². The molecule has 8 heteroatoms. The van der Waals surface area contributed by atoms with Gasteiger partial charge in [0, 0.05) is 37.5 Å². The lowest BCUT2D eigenvalue weighted by molar-refractivity contribution is -0.149. The van der Waals surface area contributed by atoms with Crippen molar-refractivity contribution in [1.29, 1.82) is 0 Å².